The molecule has 0 aliphatic heterocycles. The summed E-state index contributed by atoms with van der Waals surface area (Å²) in [5.41, 5.74) is 6.61. The predicted octanol–water partition coefficient (Wildman–Crippen LogP) is 2.36. The van der Waals surface area contributed by atoms with E-state index >= 15 is 0 Å². The van der Waals surface area contributed by atoms with Gasteiger partial charge in [-0.25, -0.2) is 13.1 Å². The molecule has 0 aliphatic carbocycles. The number of nitrogens with one attached hydrogen (secondary N) is 1. The maximum absolute atomic E-state index is 12.3. The molecule has 0 radical (unpaired) electrons. The Labute approximate surface area is 122 Å². The van der Waals surface area contributed by atoms with E-state index < -0.39 is 16.1 Å². The standard InChI is InChI=1S/C13H14ClN3O2S/c1-9(10-3-2-6-16-8-10)17-20(18,19)13-7-11(14)4-5-12(13)15/h2-9,17H,15H2,1H3. The van der Waals surface area contributed by atoms with Crippen LogP contribution in [0.3, 0.4) is 0 Å². The minimum absolute atomic E-state index is 0.0271. The second kappa shape index (κ2) is 5.78. The van der Waals surface area contributed by atoms with Crippen LogP contribution in [0.5, 0.6) is 0 Å². The summed E-state index contributed by atoms with van der Waals surface area (Å²) in [5, 5.41) is 0.314. The lowest BCUT2D eigenvalue weighted by molar-refractivity contribution is 0.567. The van der Waals surface area contributed by atoms with Crippen LogP contribution >= 0.6 is 11.6 Å². The number of pyridine rings is 1. The van der Waals surface area contributed by atoms with Gasteiger partial charge >= 0.3 is 0 Å². The van der Waals surface area contributed by atoms with Crippen molar-refractivity contribution in [1.82, 2.24) is 9.71 Å². The highest BCUT2D eigenvalue weighted by atomic mass is 35.5. The van der Waals surface area contributed by atoms with Gasteiger partial charge in [0.25, 0.3) is 0 Å². The van der Waals surface area contributed by atoms with Gasteiger partial charge in [-0.2, -0.15) is 0 Å². The molecule has 2 rings (SSSR count). The van der Waals surface area contributed by atoms with Crippen molar-refractivity contribution in [2.75, 3.05) is 5.73 Å². The van der Waals surface area contributed by atoms with Crippen LogP contribution in [0.2, 0.25) is 5.02 Å². The second-order valence-electron chi connectivity index (χ2n) is 4.31. The zero-order valence-electron chi connectivity index (χ0n) is 10.7. The number of nitrogens with zero attached hydrogens (tertiary/aromatic N) is 1. The lowest BCUT2D eigenvalue weighted by Crippen LogP contribution is -2.27. The zero-order valence-corrected chi connectivity index (χ0v) is 12.3. The molecule has 5 nitrogen and oxygen atoms in total. The molecule has 1 heterocycles. The van der Waals surface area contributed by atoms with Gasteiger partial charge in [-0.15, -0.1) is 0 Å². The SMILES string of the molecule is CC(NS(=O)(=O)c1cc(Cl)ccc1N)c1cccnc1. The molecule has 1 unspecified atom stereocenters. The van der Waals surface area contributed by atoms with Gasteiger partial charge in [-0.3, -0.25) is 4.98 Å². The zero-order chi connectivity index (χ0) is 14.8. The van der Waals surface area contributed by atoms with Gasteiger partial charge in [-0.1, -0.05) is 17.7 Å². The van der Waals surface area contributed by atoms with Crippen LogP contribution in [0.1, 0.15) is 18.5 Å². The fourth-order valence-electron chi connectivity index (χ4n) is 1.74. The summed E-state index contributed by atoms with van der Waals surface area (Å²) in [7, 11) is -3.75. The van der Waals surface area contributed by atoms with E-state index in [4.69, 9.17) is 17.3 Å². The van der Waals surface area contributed by atoms with Crippen molar-refractivity contribution < 1.29 is 8.42 Å². The summed E-state index contributed by atoms with van der Waals surface area (Å²) in [6.45, 7) is 1.73. The van der Waals surface area contributed by atoms with Crippen LogP contribution in [0, 0.1) is 0 Å². The topological polar surface area (TPSA) is 85.1 Å². The fourth-order valence-corrected chi connectivity index (χ4v) is 3.36. The molecule has 0 saturated heterocycles. The first kappa shape index (κ1) is 14.8. The highest BCUT2D eigenvalue weighted by molar-refractivity contribution is 7.89. The molecule has 1 aromatic carbocycles. The van der Waals surface area contributed by atoms with Crippen molar-refractivity contribution in [3.8, 4) is 0 Å². The molecule has 2 aromatic rings. The minimum atomic E-state index is -3.75. The number of nitrogens with two attached hydrogens (primary N) is 1. The molecule has 0 fully saturated rings. The van der Waals surface area contributed by atoms with E-state index in [1.807, 2.05) is 0 Å². The fraction of sp³-hybridized carbons (Fsp3) is 0.154. The van der Waals surface area contributed by atoms with Crippen LogP contribution < -0.4 is 10.5 Å². The molecule has 0 spiro atoms. The summed E-state index contributed by atoms with van der Waals surface area (Å²) in [6, 6.07) is 7.45. The average molecular weight is 312 g/mol. The smallest absolute Gasteiger partial charge is 0.243 e. The predicted molar refractivity (Wildman–Crippen MR) is 78.8 cm³/mol. The lowest BCUT2D eigenvalue weighted by Gasteiger charge is -2.15. The summed E-state index contributed by atoms with van der Waals surface area (Å²) < 4.78 is 27.2. The van der Waals surface area contributed by atoms with Crippen molar-refractivity contribution in [3.05, 3.63) is 53.3 Å². The third-order valence-corrected chi connectivity index (χ3v) is 4.61. The number of nitrogen functional groups attached to an aromatic ring is 1. The van der Waals surface area contributed by atoms with Crippen LogP contribution in [-0.4, -0.2) is 13.4 Å². The average Bonchev–Trinajstić information content (AvgIpc) is 2.42. The van der Waals surface area contributed by atoms with E-state index in [1.54, 1.807) is 37.5 Å². The normalized spacial score (nSPS) is 13.1. The Morgan fingerprint density at radius 3 is 2.75 bits per heavy atom. The second-order valence-corrected chi connectivity index (χ2v) is 6.43. The molecule has 3 N–H and O–H groups in total. The number of aromatic nitrogens is 1. The number of hydrogen-bond donors (Lipinski definition) is 2. The first-order valence-corrected chi connectivity index (χ1v) is 7.73. The van der Waals surface area contributed by atoms with E-state index in [9.17, 15) is 8.42 Å². The monoisotopic (exact) mass is 311 g/mol. The van der Waals surface area contributed by atoms with Gasteiger partial charge in [-0.05, 0) is 36.8 Å². The van der Waals surface area contributed by atoms with E-state index in [1.165, 1.54) is 12.1 Å². The molecule has 1 atom stereocenters. The summed E-state index contributed by atoms with van der Waals surface area (Å²) in [6.07, 6.45) is 3.23. The van der Waals surface area contributed by atoms with Crippen molar-refractivity contribution in [1.29, 1.82) is 0 Å². The van der Waals surface area contributed by atoms with Crippen LogP contribution in [-0.2, 0) is 10.0 Å². The highest BCUT2D eigenvalue weighted by Gasteiger charge is 2.21. The molecule has 106 valence electrons. The van der Waals surface area contributed by atoms with Gasteiger partial charge in [0, 0.05) is 23.5 Å². The Kier molecular flexibility index (Phi) is 4.27. The molecule has 0 amide bonds. The lowest BCUT2D eigenvalue weighted by atomic mass is 10.2. The maximum atomic E-state index is 12.3. The first-order valence-electron chi connectivity index (χ1n) is 5.87. The third kappa shape index (κ3) is 3.27. The molecule has 1 aromatic heterocycles. The largest absolute Gasteiger partial charge is 0.398 e. The Hall–Kier alpha value is -1.63. The number of rotatable bonds is 4. The summed E-state index contributed by atoms with van der Waals surface area (Å²) in [4.78, 5) is 3.93. The minimum Gasteiger partial charge on any atom is -0.398 e. The summed E-state index contributed by atoms with van der Waals surface area (Å²) >= 11 is 5.82. The molecule has 7 heteroatoms. The Morgan fingerprint density at radius 2 is 2.10 bits per heavy atom. The molecule has 0 saturated carbocycles. The number of anilines is 1. The first-order chi connectivity index (χ1) is 9.40. The van der Waals surface area contributed by atoms with Gasteiger partial charge in [0.15, 0.2) is 0 Å². The van der Waals surface area contributed by atoms with E-state index in [0.29, 0.717) is 5.02 Å². The molecular weight excluding hydrogens is 298 g/mol. The number of sulfonamides is 1. The van der Waals surface area contributed by atoms with Gasteiger partial charge in [0.1, 0.15) is 4.90 Å². The number of benzene rings is 1. The molecular formula is C13H14ClN3O2S. The van der Waals surface area contributed by atoms with Crippen LogP contribution in [0.25, 0.3) is 0 Å². The molecule has 0 bridgehead atoms. The van der Waals surface area contributed by atoms with Crippen molar-refractivity contribution in [2.24, 2.45) is 0 Å². The highest BCUT2D eigenvalue weighted by Crippen LogP contribution is 2.24. The van der Waals surface area contributed by atoms with Crippen molar-refractivity contribution in [3.63, 3.8) is 0 Å². The van der Waals surface area contributed by atoms with Crippen molar-refractivity contribution >= 4 is 27.3 Å². The Morgan fingerprint density at radius 1 is 1.35 bits per heavy atom. The van der Waals surface area contributed by atoms with E-state index in [-0.39, 0.29) is 10.6 Å². The van der Waals surface area contributed by atoms with Crippen molar-refractivity contribution in [2.45, 2.75) is 17.9 Å². The van der Waals surface area contributed by atoms with Crippen LogP contribution in [0.4, 0.5) is 5.69 Å². The number of hydrogen-bond acceptors (Lipinski definition) is 4. The maximum Gasteiger partial charge on any atom is 0.243 e. The summed E-state index contributed by atoms with van der Waals surface area (Å²) in [5.74, 6) is 0. The van der Waals surface area contributed by atoms with Crippen LogP contribution in [0.15, 0.2) is 47.6 Å². The Balaban J connectivity index is 2.30. The van der Waals surface area contributed by atoms with Gasteiger partial charge in [0.2, 0.25) is 10.0 Å². The van der Waals surface area contributed by atoms with Gasteiger partial charge < -0.3 is 5.73 Å². The molecule has 0 aliphatic rings. The quantitative estimate of drug-likeness (QED) is 0.849. The van der Waals surface area contributed by atoms with Gasteiger partial charge in [0.05, 0.1) is 5.69 Å². The molecule has 20 heavy (non-hydrogen) atoms. The number of halogens is 1. The van der Waals surface area contributed by atoms with E-state index in [2.05, 4.69) is 9.71 Å². The third-order valence-electron chi connectivity index (χ3n) is 2.78. The Bertz CT molecular complexity index is 705. The van der Waals surface area contributed by atoms with E-state index in [0.717, 1.165) is 5.56 Å².